The quantitative estimate of drug-likeness (QED) is 0.771. The first-order chi connectivity index (χ1) is 9.10. The summed E-state index contributed by atoms with van der Waals surface area (Å²) in [6.45, 7) is 10.4. The van der Waals surface area contributed by atoms with Crippen LogP contribution in [0.15, 0.2) is 0 Å². The fraction of sp³-hybridized carbons (Fsp3) is 0.941. The van der Waals surface area contributed by atoms with Gasteiger partial charge in [0, 0.05) is 25.4 Å². The number of likely N-dealkylation sites (tertiary alicyclic amines) is 1. The topological polar surface area (TPSA) is 20.3 Å². The van der Waals surface area contributed by atoms with Crippen molar-refractivity contribution in [1.82, 2.24) is 4.90 Å². The average molecular weight is 265 g/mol. The van der Waals surface area contributed by atoms with Crippen molar-refractivity contribution < 1.29 is 4.79 Å². The maximum atomic E-state index is 12.1. The molecule has 0 aromatic carbocycles. The van der Waals surface area contributed by atoms with Gasteiger partial charge in [-0.15, -0.1) is 0 Å². The average Bonchev–Trinajstić information content (AvgIpc) is 2.38. The van der Waals surface area contributed by atoms with Crippen LogP contribution in [0.1, 0.15) is 59.3 Å². The molecule has 2 nitrogen and oxygen atoms in total. The van der Waals surface area contributed by atoms with Crippen molar-refractivity contribution in [2.24, 2.45) is 23.7 Å². The fourth-order valence-corrected chi connectivity index (χ4v) is 3.88. The Balaban J connectivity index is 1.84. The first kappa shape index (κ1) is 15.0. The van der Waals surface area contributed by atoms with Crippen LogP contribution in [0.25, 0.3) is 0 Å². The molecule has 2 rings (SSSR count). The van der Waals surface area contributed by atoms with Crippen LogP contribution in [0.5, 0.6) is 0 Å². The van der Waals surface area contributed by atoms with E-state index < -0.39 is 0 Å². The van der Waals surface area contributed by atoms with Crippen LogP contribution in [0.2, 0.25) is 0 Å². The number of piperidine rings is 1. The predicted molar refractivity (Wildman–Crippen MR) is 80.1 cm³/mol. The zero-order chi connectivity index (χ0) is 13.8. The third kappa shape index (κ3) is 4.05. The van der Waals surface area contributed by atoms with Gasteiger partial charge >= 0.3 is 0 Å². The summed E-state index contributed by atoms with van der Waals surface area (Å²) in [4.78, 5) is 14.7. The second-order valence-electron chi connectivity index (χ2n) is 7.10. The number of carbonyl (C=O) groups is 1. The molecule has 4 atom stereocenters. The lowest BCUT2D eigenvalue weighted by atomic mass is 9.78. The second kappa shape index (κ2) is 6.88. The Morgan fingerprint density at radius 2 is 2.00 bits per heavy atom. The molecule has 0 N–H and O–H groups in total. The highest BCUT2D eigenvalue weighted by Crippen LogP contribution is 2.31. The van der Waals surface area contributed by atoms with Crippen LogP contribution in [-0.4, -0.2) is 30.3 Å². The van der Waals surface area contributed by atoms with E-state index >= 15 is 0 Å². The van der Waals surface area contributed by atoms with Gasteiger partial charge in [-0.05, 0) is 43.6 Å². The first-order valence-electron chi connectivity index (χ1n) is 8.35. The van der Waals surface area contributed by atoms with Gasteiger partial charge in [0.05, 0.1) is 0 Å². The maximum absolute atomic E-state index is 12.1. The van der Waals surface area contributed by atoms with E-state index in [1.807, 2.05) is 0 Å². The molecule has 2 fully saturated rings. The van der Waals surface area contributed by atoms with Crippen LogP contribution in [0, 0.1) is 23.7 Å². The van der Waals surface area contributed by atoms with Gasteiger partial charge in [-0.3, -0.25) is 4.79 Å². The Kier molecular flexibility index (Phi) is 5.44. The Morgan fingerprint density at radius 1 is 1.21 bits per heavy atom. The molecule has 1 saturated carbocycles. The van der Waals surface area contributed by atoms with Gasteiger partial charge in [0.25, 0.3) is 0 Å². The lowest BCUT2D eigenvalue weighted by Crippen LogP contribution is -2.43. The van der Waals surface area contributed by atoms with Gasteiger partial charge in [0.1, 0.15) is 5.78 Å². The highest BCUT2D eigenvalue weighted by atomic mass is 16.1. The molecule has 0 spiro atoms. The molecule has 1 saturated heterocycles. The summed E-state index contributed by atoms with van der Waals surface area (Å²) in [5, 5.41) is 0. The summed E-state index contributed by atoms with van der Waals surface area (Å²) in [5.74, 6) is 3.34. The first-order valence-corrected chi connectivity index (χ1v) is 8.35. The molecule has 0 aromatic rings. The van der Waals surface area contributed by atoms with Gasteiger partial charge in [-0.25, -0.2) is 0 Å². The van der Waals surface area contributed by atoms with Crippen molar-refractivity contribution >= 4 is 5.78 Å². The monoisotopic (exact) mass is 265 g/mol. The van der Waals surface area contributed by atoms with Crippen molar-refractivity contribution in [3.63, 3.8) is 0 Å². The third-order valence-corrected chi connectivity index (χ3v) is 5.47. The van der Waals surface area contributed by atoms with E-state index in [0.717, 1.165) is 43.6 Å². The van der Waals surface area contributed by atoms with Crippen molar-refractivity contribution in [3.8, 4) is 0 Å². The summed E-state index contributed by atoms with van der Waals surface area (Å²) in [7, 11) is 0. The van der Waals surface area contributed by atoms with Crippen molar-refractivity contribution in [1.29, 1.82) is 0 Å². The van der Waals surface area contributed by atoms with E-state index in [2.05, 4.69) is 25.7 Å². The molecule has 0 amide bonds. The lowest BCUT2D eigenvalue weighted by Gasteiger charge is -2.38. The molecular formula is C17H31NO. The largest absolute Gasteiger partial charge is 0.302 e. The van der Waals surface area contributed by atoms with E-state index in [4.69, 9.17) is 0 Å². The maximum Gasteiger partial charge on any atom is 0.137 e. The Bertz CT molecular complexity index is 302. The predicted octanol–water partition coefficient (Wildman–Crippen LogP) is 3.75. The van der Waals surface area contributed by atoms with E-state index in [0.29, 0.717) is 11.7 Å². The zero-order valence-corrected chi connectivity index (χ0v) is 13.0. The minimum atomic E-state index is 0.339. The molecule has 4 unspecified atom stereocenters. The molecule has 1 heterocycles. The van der Waals surface area contributed by atoms with Crippen LogP contribution in [0.3, 0.4) is 0 Å². The fourth-order valence-electron chi connectivity index (χ4n) is 3.88. The van der Waals surface area contributed by atoms with E-state index in [1.54, 1.807) is 0 Å². The molecule has 1 aliphatic carbocycles. The van der Waals surface area contributed by atoms with E-state index in [9.17, 15) is 4.79 Å². The molecule has 19 heavy (non-hydrogen) atoms. The normalized spacial score (nSPS) is 37.5. The number of hydrogen-bond acceptors (Lipinski definition) is 2. The van der Waals surface area contributed by atoms with Gasteiger partial charge < -0.3 is 4.90 Å². The molecule has 1 aliphatic heterocycles. The van der Waals surface area contributed by atoms with Gasteiger partial charge in [0.15, 0.2) is 0 Å². The molecular weight excluding hydrogens is 234 g/mol. The highest BCUT2D eigenvalue weighted by Gasteiger charge is 2.31. The minimum absolute atomic E-state index is 0.339. The summed E-state index contributed by atoms with van der Waals surface area (Å²) in [5.41, 5.74) is 0. The van der Waals surface area contributed by atoms with Gasteiger partial charge in [0.2, 0.25) is 0 Å². The van der Waals surface area contributed by atoms with Crippen LogP contribution < -0.4 is 0 Å². The second-order valence-corrected chi connectivity index (χ2v) is 7.10. The van der Waals surface area contributed by atoms with E-state index in [-0.39, 0.29) is 0 Å². The molecule has 2 heteroatoms. The molecule has 2 aliphatic rings. The minimum Gasteiger partial charge on any atom is -0.302 e. The number of nitrogens with zero attached hydrogens (tertiary/aromatic N) is 1. The van der Waals surface area contributed by atoms with Crippen molar-refractivity contribution in [2.45, 2.75) is 59.3 Å². The zero-order valence-electron chi connectivity index (χ0n) is 13.0. The standard InChI is InChI=1S/C17H31NO/c1-4-5-15-6-7-17(19)16(10-15)12-18-9-8-13(2)14(3)11-18/h13-16H,4-12H2,1-3H3. The number of carbonyl (C=O) groups excluding carboxylic acids is 1. The number of rotatable bonds is 4. The Hall–Kier alpha value is -0.370. The Labute approximate surface area is 118 Å². The number of Topliss-reactive ketones (excluding diaryl/α,β-unsaturated/α-hetero) is 1. The summed E-state index contributed by atoms with van der Waals surface area (Å²) >= 11 is 0. The van der Waals surface area contributed by atoms with Gasteiger partial charge in [-0.2, -0.15) is 0 Å². The van der Waals surface area contributed by atoms with Gasteiger partial charge in [-0.1, -0.05) is 33.6 Å². The summed E-state index contributed by atoms with van der Waals surface area (Å²) in [6, 6.07) is 0. The SMILES string of the molecule is CCCC1CCC(=O)C(CN2CCC(C)C(C)C2)C1. The summed E-state index contributed by atoms with van der Waals surface area (Å²) in [6.07, 6.45) is 7.04. The molecule has 0 aromatic heterocycles. The number of ketones is 1. The van der Waals surface area contributed by atoms with E-state index in [1.165, 1.54) is 32.4 Å². The summed E-state index contributed by atoms with van der Waals surface area (Å²) < 4.78 is 0. The number of hydrogen-bond donors (Lipinski definition) is 0. The van der Waals surface area contributed by atoms with Crippen LogP contribution >= 0.6 is 0 Å². The van der Waals surface area contributed by atoms with Crippen LogP contribution in [-0.2, 0) is 4.79 Å². The third-order valence-electron chi connectivity index (χ3n) is 5.47. The molecule has 0 bridgehead atoms. The smallest absolute Gasteiger partial charge is 0.137 e. The van der Waals surface area contributed by atoms with Crippen molar-refractivity contribution in [3.05, 3.63) is 0 Å². The molecule has 0 radical (unpaired) electrons. The molecule has 110 valence electrons. The highest BCUT2D eigenvalue weighted by molar-refractivity contribution is 5.81. The lowest BCUT2D eigenvalue weighted by molar-refractivity contribution is -0.126. The Morgan fingerprint density at radius 3 is 2.68 bits per heavy atom. The van der Waals surface area contributed by atoms with Crippen LogP contribution in [0.4, 0.5) is 0 Å². The van der Waals surface area contributed by atoms with Crippen molar-refractivity contribution in [2.75, 3.05) is 19.6 Å².